The van der Waals surface area contributed by atoms with E-state index in [-0.39, 0.29) is 17.4 Å². The zero-order valence-electron chi connectivity index (χ0n) is 11.9. The summed E-state index contributed by atoms with van der Waals surface area (Å²) in [5.41, 5.74) is 8.02. The van der Waals surface area contributed by atoms with Crippen LogP contribution in [0.3, 0.4) is 0 Å². The van der Waals surface area contributed by atoms with Crippen LogP contribution in [-0.2, 0) is 11.2 Å². The number of nitrogens with two attached hydrogens (primary N) is 1. The molecule has 0 spiro atoms. The van der Waals surface area contributed by atoms with Gasteiger partial charge in [-0.25, -0.2) is 0 Å². The summed E-state index contributed by atoms with van der Waals surface area (Å²) in [7, 11) is 0. The van der Waals surface area contributed by atoms with Gasteiger partial charge in [0.05, 0.1) is 5.92 Å². The zero-order chi connectivity index (χ0) is 13.9. The summed E-state index contributed by atoms with van der Waals surface area (Å²) < 4.78 is 0. The lowest BCUT2D eigenvalue weighted by Crippen LogP contribution is -2.51. The van der Waals surface area contributed by atoms with Gasteiger partial charge < -0.3 is 11.1 Å². The smallest absolute Gasteiger partial charge is 0.229 e. The van der Waals surface area contributed by atoms with Crippen LogP contribution in [0.1, 0.15) is 45.1 Å². The van der Waals surface area contributed by atoms with Crippen molar-refractivity contribution in [2.75, 3.05) is 5.32 Å². The normalized spacial score (nSPS) is 27.0. The Morgan fingerprint density at radius 3 is 2.95 bits per heavy atom. The molecular formula is C16H24N2O. The van der Waals surface area contributed by atoms with Crippen molar-refractivity contribution in [3.05, 3.63) is 29.8 Å². The lowest BCUT2D eigenvalue weighted by Gasteiger charge is -2.37. The van der Waals surface area contributed by atoms with Crippen LogP contribution in [0.5, 0.6) is 0 Å². The Morgan fingerprint density at radius 2 is 2.26 bits per heavy atom. The van der Waals surface area contributed by atoms with Crippen molar-refractivity contribution >= 4 is 11.6 Å². The van der Waals surface area contributed by atoms with Crippen molar-refractivity contribution in [2.24, 2.45) is 11.7 Å². The molecule has 1 aliphatic rings. The zero-order valence-corrected chi connectivity index (χ0v) is 11.9. The van der Waals surface area contributed by atoms with Gasteiger partial charge in [0.25, 0.3) is 0 Å². The van der Waals surface area contributed by atoms with E-state index in [1.165, 1.54) is 5.56 Å². The molecule has 2 rings (SSSR count). The molecule has 1 aliphatic carbocycles. The topological polar surface area (TPSA) is 55.1 Å². The summed E-state index contributed by atoms with van der Waals surface area (Å²) >= 11 is 0. The van der Waals surface area contributed by atoms with Crippen molar-refractivity contribution in [3.8, 4) is 0 Å². The molecule has 1 aromatic carbocycles. The molecular weight excluding hydrogens is 236 g/mol. The fourth-order valence-electron chi connectivity index (χ4n) is 2.89. The summed E-state index contributed by atoms with van der Waals surface area (Å²) in [6.45, 7) is 4.11. The molecule has 0 saturated heterocycles. The fourth-order valence-corrected chi connectivity index (χ4v) is 2.89. The van der Waals surface area contributed by atoms with E-state index in [0.29, 0.717) is 0 Å². The van der Waals surface area contributed by atoms with E-state index < -0.39 is 0 Å². The highest BCUT2D eigenvalue weighted by molar-refractivity contribution is 5.93. The molecule has 0 bridgehead atoms. The number of aryl methyl sites for hydroxylation is 1. The number of carbonyl (C=O) groups excluding carboxylic acids is 1. The molecule has 104 valence electrons. The lowest BCUT2D eigenvalue weighted by molar-refractivity contribution is -0.122. The summed E-state index contributed by atoms with van der Waals surface area (Å²) in [5.74, 6) is -0.00974. The molecule has 0 aliphatic heterocycles. The quantitative estimate of drug-likeness (QED) is 0.877. The first kappa shape index (κ1) is 14.1. The molecule has 19 heavy (non-hydrogen) atoms. The third-order valence-corrected chi connectivity index (χ3v) is 4.17. The lowest BCUT2D eigenvalue weighted by atomic mass is 9.74. The van der Waals surface area contributed by atoms with Gasteiger partial charge in [-0.05, 0) is 43.9 Å². The van der Waals surface area contributed by atoms with Gasteiger partial charge in [-0.3, -0.25) is 4.79 Å². The summed E-state index contributed by atoms with van der Waals surface area (Å²) in [5, 5.41) is 3.02. The van der Waals surface area contributed by atoms with E-state index >= 15 is 0 Å². The van der Waals surface area contributed by atoms with Gasteiger partial charge in [0.1, 0.15) is 0 Å². The Balaban J connectivity index is 2.07. The van der Waals surface area contributed by atoms with E-state index in [1.54, 1.807) is 0 Å². The minimum atomic E-state index is -0.370. The number of rotatable bonds is 3. The van der Waals surface area contributed by atoms with Crippen LogP contribution >= 0.6 is 0 Å². The number of carbonyl (C=O) groups is 1. The Morgan fingerprint density at radius 1 is 1.47 bits per heavy atom. The maximum Gasteiger partial charge on any atom is 0.229 e. The van der Waals surface area contributed by atoms with Gasteiger partial charge >= 0.3 is 0 Å². The number of anilines is 1. The minimum absolute atomic E-state index is 0.0675. The molecule has 3 nitrogen and oxygen atoms in total. The summed E-state index contributed by atoms with van der Waals surface area (Å²) in [6.07, 6.45) is 5.02. The Bertz CT molecular complexity index is 454. The first-order chi connectivity index (χ1) is 9.03. The van der Waals surface area contributed by atoms with E-state index in [4.69, 9.17) is 5.73 Å². The number of benzene rings is 1. The van der Waals surface area contributed by atoms with E-state index in [2.05, 4.69) is 18.3 Å². The molecule has 1 amide bonds. The van der Waals surface area contributed by atoms with Crippen LogP contribution in [0.2, 0.25) is 0 Å². The number of nitrogens with one attached hydrogen (secondary N) is 1. The van der Waals surface area contributed by atoms with Crippen LogP contribution in [0.4, 0.5) is 5.69 Å². The number of hydrogen-bond donors (Lipinski definition) is 2. The summed E-state index contributed by atoms with van der Waals surface area (Å²) in [4.78, 5) is 12.4. The molecule has 3 heteroatoms. The van der Waals surface area contributed by atoms with Gasteiger partial charge in [-0.15, -0.1) is 0 Å². The summed E-state index contributed by atoms with van der Waals surface area (Å²) in [6, 6.07) is 8.03. The van der Waals surface area contributed by atoms with E-state index in [9.17, 15) is 4.79 Å². The van der Waals surface area contributed by atoms with Crippen LogP contribution in [0.25, 0.3) is 0 Å². The van der Waals surface area contributed by atoms with Crippen LogP contribution < -0.4 is 11.1 Å². The molecule has 2 unspecified atom stereocenters. The Labute approximate surface area is 115 Å². The highest BCUT2D eigenvalue weighted by atomic mass is 16.1. The van der Waals surface area contributed by atoms with Crippen LogP contribution in [0.15, 0.2) is 24.3 Å². The molecule has 1 saturated carbocycles. The maximum atomic E-state index is 12.4. The average Bonchev–Trinajstić information content (AvgIpc) is 2.38. The Hall–Kier alpha value is -1.35. The standard InChI is InChI=1S/C16H24N2O/c1-3-12-7-6-8-13(11-12)18-15(19)14-9-4-5-10-16(14,2)17/h6-8,11,14H,3-5,9-10,17H2,1-2H3,(H,18,19). The van der Waals surface area contributed by atoms with Gasteiger partial charge in [-0.1, -0.05) is 31.9 Å². The Kier molecular flexibility index (Phi) is 4.25. The fraction of sp³-hybridized carbons (Fsp3) is 0.562. The molecule has 0 radical (unpaired) electrons. The third-order valence-electron chi connectivity index (χ3n) is 4.17. The third kappa shape index (κ3) is 3.35. The predicted octanol–water partition coefficient (Wildman–Crippen LogP) is 3.10. The number of amides is 1. The molecule has 1 aromatic rings. The van der Waals surface area contributed by atoms with Gasteiger partial charge in [0.2, 0.25) is 5.91 Å². The maximum absolute atomic E-state index is 12.4. The number of hydrogen-bond acceptors (Lipinski definition) is 2. The monoisotopic (exact) mass is 260 g/mol. The van der Waals surface area contributed by atoms with E-state index in [0.717, 1.165) is 37.8 Å². The van der Waals surface area contributed by atoms with Crippen LogP contribution in [0, 0.1) is 5.92 Å². The average molecular weight is 260 g/mol. The highest BCUT2D eigenvalue weighted by Gasteiger charge is 2.37. The van der Waals surface area contributed by atoms with Gasteiger partial charge in [0, 0.05) is 11.2 Å². The molecule has 0 heterocycles. The van der Waals surface area contributed by atoms with Crippen molar-refractivity contribution in [3.63, 3.8) is 0 Å². The minimum Gasteiger partial charge on any atom is -0.326 e. The first-order valence-electron chi connectivity index (χ1n) is 7.21. The van der Waals surface area contributed by atoms with Crippen molar-refractivity contribution in [1.29, 1.82) is 0 Å². The van der Waals surface area contributed by atoms with Gasteiger partial charge in [-0.2, -0.15) is 0 Å². The molecule has 0 aromatic heterocycles. The highest BCUT2D eigenvalue weighted by Crippen LogP contribution is 2.32. The second-order valence-corrected chi connectivity index (χ2v) is 5.85. The van der Waals surface area contributed by atoms with Crippen molar-refractivity contribution in [2.45, 2.75) is 51.5 Å². The molecule has 2 atom stereocenters. The molecule has 1 fully saturated rings. The van der Waals surface area contributed by atoms with E-state index in [1.807, 2.05) is 25.1 Å². The van der Waals surface area contributed by atoms with Crippen molar-refractivity contribution in [1.82, 2.24) is 0 Å². The molecule has 3 N–H and O–H groups in total. The predicted molar refractivity (Wildman–Crippen MR) is 79.0 cm³/mol. The largest absolute Gasteiger partial charge is 0.326 e. The first-order valence-corrected chi connectivity index (χ1v) is 7.21. The van der Waals surface area contributed by atoms with Crippen molar-refractivity contribution < 1.29 is 4.79 Å². The SMILES string of the molecule is CCc1cccc(NC(=O)C2CCCCC2(C)N)c1. The second-order valence-electron chi connectivity index (χ2n) is 5.85. The second kappa shape index (κ2) is 5.74. The van der Waals surface area contributed by atoms with Gasteiger partial charge in [0.15, 0.2) is 0 Å². The van der Waals surface area contributed by atoms with Crippen LogP contribution in [-0.4, -0.2) is 11.4 Å².